The van der Waals surface area contributed by atoms with Crippen molar-refractivity contribution in [2.45, 2.75) is 84.7 Å². The van der Waals surface area contributed by atoms with Gasteiger partial charge in [-0.1, -0.05) is 70.2 Å². The van der Waals surface area contributed by atoms with E-state index in [0.29, 0.717) is 21.0 Å². The molecule has 24 heavy (non-hydrogen) atoms. The fourth-order valence-electron chi connectivity index (χ4n) is 3.64. The first kappa shape index (κ1) is 29.0. The third kappa shape index (κ3) is 10.9. The molecular weight excluding hydrogens is 429 g/mol. The summed E-state index contributed by atoms with van der Waals surface area (Å²) in [4.78, 5) is 9.99. The second-order valence-electron chi connectivity index (χ2n) is 8.82. The summed E-state index contributed by atoms with van der Waals surface area (Å²) in [5, 5.41) is 1.35. The molecule has 0 saturated carbocycles. The molecule has 0 heterocycles. The average Bonchev–Trinajstić information content (AvgIpc) is 2.24. The van der Waals surface area contributed by atoms with Gasteiger partial charge in [-0.05, 0) is 28.0 Å². The molecule has 4 heteroatoms. The summed E-state index contributed by atoms with van der Waals surface area (Å²) in [6.07, 6.45) is 1.80. The molecular formula is C20H34ClOPPd. The Morgan fingerprint density at radius 3 is 1.21 bits per heavy atom. The number of aryl methyl sites for hydroxylation is 1. The van der Waals surface area contributed by atoms with Crippen LogP contribution in [-0.2, 0) is 25.2 Å². The van der Waals surface area contributed by atoms with Gasteiger partial charge in [-0.2, -0.15) is 0 Å². The molecule has 0 aliphatic carbocycles. The largest absolute Gasteiger partial charge is 1.00 e. The Balaban J connectivity index is -0.000000355. The van der Waals surface area contributed by atoms with Gasteiger partial charge in [-0.15, -0.1) is 4.79 Å². The zero-order valence-corrected chi connectivity index (χ0v) is 20.1. The van der Waals surface area contributed by atoms with E-state index in [0.717, 1.165) is 5.56 Å². The van der Waals surface area contributed by atoms with Crippen LogP contribution in [0.25, 0.3) is 0 Å². The fraction of sp³-hybridized carbons (Fsp3) is 0.650. The summed E-state index contributed by atoms with van der Waals surface area (Å²) in [7, 11) is 0.0162. The first-order valence-corrected chi connectivity index (χ1v) is 9.29. The van der Waals surface area contributed by atoms with Crippen molar-refractivity contribution in [1.82, 2.24) is 0 Å². The molecule has 142 valence electrons. The van der Waals surface area contributed by atoms with Gasteiger partial charge in [0, 0.05) is 32.6 Å². The molecule has 0 spiro atoms. The Labute approximate surface area is 171 Å². The van der Waals surface area contributed by atoms with Crippen LogP contribution >= 0.6 is 7.92 Å². The summed E-state index contributed by atoms with van der Waals surface area (Å²) in [5.74, 6) is 0. The smallest absolute Gasteiger partial charge is 0.303 e. The van der Waals surface area contributed by atoms with Gasteiger partial charge < -0.3 is 12.4 Å². The first-order valence-electron chi connectivity index (χ1n) is 7.95. The van der Waals surface area contributed by atoms with E-state index in [4.69, 9.17) is 0 Å². The predicted molar refractivity (Wildman–Crippen MR) is 102 cm³/mol. The van der Waals surface area contributed by atoms with E-state index in [1.54, 1.807) is 18.4 Å². The van der Waals surface area contributed by atoms with E-state index in [9.17, 15) is 4.79 Å². The van der Waals surface area contributed by atoms with Gasteiger partial charge >= 0.3 is 6.29 Å². The third-order valence-electron chi connectivity index (χ3n) is 3.18. The molecule has 0 aliphatic heterocycles. The molecule has 0 aromatic heterocycles. The van der Waals surface area contributed by atoms with Crippen LogP contribution in [0.15, 0.2) is 24.3 Å². The molecule has 1 aromatic rings. The molecule has 0 bridgehead atoms. The summed E-state index contributed by atoms with van der Waals surface area (Å²) < 4.78 is 0. The maximum Gasteiger partial charge on any atom is 0.303 e. The van der Waals surface area contributed by atoms with Crippen LogP contribution in [0.3, 0.4) is 0 Å². The van der Waals surface area contributed by atoms with Crippen molar-refractivity contribution < 1.29 is 37.6 Å². The average molecular weight is 463 g/mol. The van der Waals surface area contributed by atoms with Crippen molar-refractivity contribution >= 4 is 14.2 Å². The van der Waals surface area contributed by atoms with E-state index in [-0.39, 0.29) is 40.8 Å². The van der Waals surface area contributed by atoms with E-state index >= 15 is 0 Å². The second kappa shape index (κ2) is 11.0. The number of carbonyl (C=O) groups excluding carboxylic acids is 1. The van der Waals surface area contributed by atoms with Crippen LogP contribution in [0.1, 0.15) is 73.4 Å². The third-order valence-corrected chi connectivity index (χ3v) is 7.21. The molecule has 0 atom stereocenters. The maximum atomic E-state index is 9.99. The molecule has 0 saturated heterocycles. The van der Waals surface area contributed by atoms with Crippen molar-refractivity contribution in [3.63, 3.8) is 0 Å². The van der Waals surface area contributed by atoms with Crippen molar-refractivity contribution in [2.24, 2.45) is 0 Å². The quantitative estimate of drug-likeness (QED) is 0.355. The number of hydrogen-bond donors (Lipinski definition) is 0. The van der Waals surface area contributed by atoms with Gasteiger partial charge in [0.2, 0.25) is 5.56 Å². The molecule has 0 aliphatic rings. The number of benzene rings is 1. The minimum absolute atomic E-state index is 0. The molecule has 0 fully saturated rings. The van der Waals surface area contributed by atoms with Crippen molar-refractivity contribution in [3.8, 4) is 0 Å². The molecule has 0 amide bonds. The van der Waals surface area contributed by atoms with Gasteiger partial charge in [0.1, 0.15) is 0 Å². The summed E-state index contributed by atoms with van der Waals surface area (Å²) in [6, 6.07) is 7.28. The second-order valence-corrected chi connectivity index (χ2v) is 13.5. The molecule has 0 N–H and O–H groups in total. The Morgan fingerprint density at radius 2 is 1.04 bits per heavy atom. The van der Waals surface area contributed by atoms with Gasteiger partial charge in [0.15, 0.2) is 0 Å². The van der Waals surface area contributed by atoms with Gasteiger partial charge in [-0.25, -0.2) is 0 Å². The van der Waals surface area contributed by atoms with E-state index < -0.39 is 0 Å². The monoisotopic (exact) mass is 462 g/mol. The zero-order chi connectivity index (χ0) is 17.8. The van der Waals surface area contributed by atoms with E-state index in [1.165, 1.54) is 0 Å². The first-order chi connectivity index (χ1) is 9.69. The predicted octanol–water partition coefficient (Wildman–Crippen LogP) is 3.32. The molecule has 1 rings (SSSR count). The SMILES string of the molecule is CC(C)(C)P(C(C)(C)C)C(C)(C)C.Cc1ccc([C+]=O)cc1.[Cl-].[Pd]. The topological polar surface area (TPSA) is 17.1 Å². The van der Waals surface area contributed by atoms with Crippen LogP contribution < -0.4 is 12.4 Å². The van der Waals surface area contributed by atoms with E-state index in [1.807, 2.05) is 19.1 Å². The Bertz CT molecular complexity index is 431. The summed E-state index contributed by atoms with van der Waals surface area (Å²) >= 11 is 0. The molecule has 1 nitrogen and oxygen atoms in total. The Hall–Kier alpha value is 0.182. The minimum Gasteiger partial charge on any atom is -1.00 e. The Morgan fingerprint density at radius 1 is 0.750 bits per heavy atom. The van der Waals surface area contributed by atoms with Crippen molar-refractivity contribution in [1.29, 1.82) is 0 Å². The van der Waals surface area contributed by atoms with Gasteiger partial charge in [-0.3, -0.25) is 0 Å². The van der Waals surface area contributed by atoms with Crippen LogP contribution in [0.5, 0.6) is 0 Å². The minimum atomic E-state index is 0. The summed E-state index contributed by atoms with van der Waals surface area (Å²) in [6.45, 7) is 23.4. The maximum absolute atomic E-state index is 9.99. The van der Waals surface area contributed by atoms with Crippen molar-refractivity contribution in [3.05, 3.63) is 35.4 Å². The Kier molecular flexibility index (Phi) is 13.3. The van der Waals surface area contributed by atoms with Crippen LogP contribution in [0.2, 0.25) is 0 Å². The van der Waals surface area contributed by atoms with E-state index in [2.05, 4.69) is 62.3 Å². The standard InChI is InChI=1S/C12H27P.C8H7O.ClH.Pd/c1-10(2,3)13(11(4,5)6)12(7,8)9;1-7-2-4-8(6-9)5-3-7;;/h1-9H3;2-5H,1H3;1H;/q;+1;;/p-1. The van der Waals surface area contributed by atoms with Crippen LogP contribution in [-0.4, -0.2) is 21.8 Å². The molecule has 1 aromatic carbocycles. The number of rotatable bonds is 1. The van der Waals surface area contributed by atoms with Crippen LogP contribution in [0, 0.1) is 6.92 Å². The molecule has 0 radical (unpaired) electrons. The normalized spacial score (nSPS) is 11.5. The molecule has 0 unspecified atom stereocenters. The van der Waals surface area contributed by atoms with Gasteiger partial charge in [0.05, 0.1) is 12.1 Å². The summed E-state index contributed by atoms with van der Waals surface area (Å²) in [5.41, 5.74) is 1.77. The number of hydrogen-bond acceptors (Lipinski definition) is 1. The van der Waals surface area contributed by atoms with Crippen molar-refractivity contribution in [2.75, 3.05) is 0 Å². The van der Waals surface area contributed by atoms with Gasteiger partial charge in [0.25, 0.3) is 0 Å². The fourth-order valence-corrected chi connectivity index (χ4v) is 9.68. The van der Waals surface area contributed by atoms with Crippen LogP contribution in [0.4, 0.5) is 0 Å². The number of halogens is 1. The zero-order valence-electron chi connectivity index (χ0n) is 16.9.